The van der Waals surface area contributed by atoms with Gasteiger partial charge in [0.1, 0.15) is 0 Å². The van der Waals surface area contributed by atoms with Gasteiger partial charge in [0.15, 0.2) is 0 Å². The van der Waals surface area contributed by atoms with Crippen LogP contribution in [0.3, 0.4) is 0 Å². The third-order valence-electron chi connectivity index (χ3n) is 3.77. The number of non-ortho nitro benzene ring substituents is 1. The van der Waals surface area contributed by atoms with Crippen LogP contribution in [0.15, 0.2) is 58.2 Å². The number of nitrogens with zero attached hydrogens (tertiary/aromatic N) is 3. The van der Waals surface area contributed by atoms with Crippen LogP contribution in [-0.2, 0) is 17.4 Å². The first-order valence-corrected chi connectivity index (χ1v) is 9.35. The van der Waals surface area contributed by atoms with Gasteiger partial charge in [-0.1, -0.05) is 42.1 Å². The SMILES string of the molecule is O=C(CSc1nnc(Cc2ccccc2)o1)Nc1ccc([N+](=O)[O-])cc1C(F)(F)F. The molecule has 0 unspecified atom stereocenters. The van der Waals surface area contributed by atoms with Gasteiger partial charge in [-0.3, -0.25) is 14.9 Å². The normalized spacial score (nSPS) is 11.3. The van der Waals surface area contributed by atoms with Gasteiger partial charge < -0.3 is 9.73 Å². The first-order chi connectivity index (χ1) is 14.2. The number of nitro benzene ring substituents is 1. The first kappa shape index (κ1) is 21.3. The standard InChI is InChI=1S/C18H13F3N4O4S/c19-18(20,21)13-9-12(25(27)28)6-7-14(13)22-15(26)10-30-17-24-23-16(29-17)8-11-4-2-1-3-5-11/h1-7,9H,8,10H2,(H,22,26). The molecule has 156 valence electrons. The molecule has 3 rings (SSSR count). The second-order valence-electron chi connectivity index (χ2n) is 5.95. The van der Waals surface area contributed by atoms with Crippen molar-refractivity contribution in [1.82, 2.24) is 10.2 Å². The molecule has 8 nitrogen and oxygen atoms in total. The van der Waals surface area contributed by atoms with E-state index < -0.39 is 33.9 Å². The molecule has 3 aromatic rings. The van der Waals surface area contributed by atoms with Crippen LogP contribution in [0.5, 0.6) is 0 Å². The zero-order chi connectivity index (χ0) is 21.7. The van der Waals surface area contributed by atoms with Gasteiger partial charge in [0.25, 0.3) is 10.9 Å². The molecule has 30 heavy (non-hydrogen) atoms. The van der Waals surface area contributed by atoms with E-state index in [9.17, 15) is 28.1 Å². The number of nitrogens with one attached hydrogen (secondary N) is 1. The summed E-state index contributed by atoms with van der Waals surface area (Å²) < 4.78 is 44.9. The Morgan fingerprint density at radius 2 is 1.90 bits per heavy atom. The Bertz CT molecular complexity index is 1060. The highest BCUT2D eigenvalue weighted by molar-refractivity contribution is 7.99. The molecule has 0 aliphatic heterocycles. The van der Waals surface area contributed by atoms with Crippen molar-refractivity contribution in [2.75, 3.05) is 11.1 Å². The number of alkyl halides is 3. The van der Waals surface area contributed by atoms with Gasteiger partial charge in [-0.25, -0.2) is 0 Å². The Labute approximate surface area is 171 Å². The topological polar surface area (TPSA) is 111 Å². The number of benzene rings is 2. The molecule has 1 N–H and O–H groups in total. The molecular weight excluding hydrogens is 425 g/mol. The maximum atomic E-state index is 13.2. The number of nitro groups is 1. The molecule has 0 aliphatic carbocycles. The van der Waals surface area contributed by atoms with E-state index in [4.69, 9.17) is 4.42 Å². The minimum Gasteiger partial charge on any atom is -0.416 e. The molecule has 0 atom stereocenters. The van der Waals surface area contributed by atoms with Gasteiger partial charge in [0.2, 0.25) is 11.8 Å². The van der Waals surface area contributed by atoms with Crippen LogP contribution in [0.25, 0.3) is 0 Å². The van der Waals surface area contributed by atoms with Crippen molar-refractivity contribution < 1.29 is 27.3 Å². The largest absolute Gasteiger partial charge is 0.418 e. The Morgan fingerprint density at radius 3 is 2.57 bits per heavy atom. The smallest absolute Gasteiger partial charge is 0.416 e. The van der Waals surface area contributed by atoms with Crippen LogP contribution < -0.4 is 5.32 Å². The summed E-state index contributed by atoms with van der Waals surface area (Å²) in [5.41, 5.74) is -1.66. The fourth-order valence-corrected chi connectivity index (χ4v) is 3.02. The Hall–Kier alpha value is -3.41. The van der Waals surface area contributed by atoms with E-state index >= 15 is 0 Å². The number of rotatable bonds is 7. The Kier molecular flexibility index (Phi) is 6.35. The maximum Gasteiger partial charge on any atom is 0.418 e. The van der Waals surface area contributed by atoms with Crippen molar-refractivity contribution >= 4 is 29.0 Å². The molecule has 12 heteroatoms. The number of aromatic nitrogens is 2. The summed E-state index contributed by atoms with van der Waals surface area (Å²) in [4.78, 5) is 21.8. The van der Waals surface area contributed by atoms with E-state index in [1.165, 1.54) is 0 Å². The highest BCUT2D eigenvalue weighted by Crippen LogP contribution is 2.37. The van der Waals surface area contributed by atoms with Gasteiger partial charge in [-0.05, 0) is 11.6 Å². The molecule has 0 aliphatic rings. The number of thioether (sulfide) groups is 1. The van der Waals surface area contributed by atoms with E-state index in [0.717, 1.165) is 29.5 Å². The lowest BCUT2D eigenvalue weighted by molar-refractivity contribution is -0.385. The predicted octanol–water partition coefficient (Wildman–Crippen LogP) is 4.32. The van der Waals surface area contributed by atoms with Crippen molar-refractivity contribution in [3.05, 3.63) is 75.7 Å². The number of hydrogen-bond donors (Lipinski definition) is 1. The fourth-order valence-electron chi connectivity index (χ4n) is 2.44. The molecule has 0 spiro atoms. The van der Waals surface area contributed by atoms with Gasteiger partial charge in [-0.2, -0.15) is 13.2 Å². The Morgan fingerprint density at radius 1 is 1.17 bits per heavy atom. The summed E-state index contributed by atoms with van der Waals surface area (Å²) in [6.45, 7) is 0. The number of amides is 1. The van der Waals surface area contributed by atoms with Crippen LogP contribution in [-0.4, -0.2) is 26.8 Å². The number of anilines is 1. The lowest BCUT2D eigenvalue weighted by atomic mass is 10.1. The average Bonchev–Trinajstić information content (AvgIpc) is 3.14. The second-order valence-corrected chi connectivity index (χ2v) is 6.87. The van der Waals surface area contributed by atoms with Crippen molar-refractivity contribution in [1.29, 1.82) is 0 Å². The molecule has 1 amide bonds. The monoisotopic (exact) mass is 438 g/mol. The van der Waals surface area contributed by atoms with Crippen molar-refractivity contribution in [2.45, 2.75) is 17.8 Å². The number of halogens is 3. The summed E-state index contributed by atoms with van der Waals surface area (Å²) in [5.74, 6) is -0.720. The molecule has 2 aromatic carbocycles. The third-order valence-corrected chi connectivity index (χ3v) is 4.59. The van der Waals surface area contributed by atoms with Crippen molar-refractivity contribution in [3.63, 3.8) is 0 Å². The number of hydrogen-bond acceptors (Lipinski definition) is 7. The van der Waals surface area contributed by atoms with Crippen LogP contribution in [0, 0.1) is 10.1 Å². The molecule has 0 saturated carbocycles. The van der Waals surface area contributed by atoms with Crippen LogP contribution >= 0.6 is 11.8 Å². The summed E-state index contributed by atoms with van der Waals surface area (Å²) in [5, 5.41) is 20.6. The highest BCUT2D eigenvalue weighted by atomic mass is 32.2. The van der Waals surface area contributed by atoms with Gasteiger partial charge in [0, 0.05) is 12.1 Å². The minimum absolute atomic E-state index is 0.0934. The average molecular weight is 438 g/mol. The van der Waals surface area contributed by atoms with Gasteiger partial charge >= 0.3 is 6.18 Å². The molecule has 0 bridgehead atoms. The van der Waals surface area contributed by atoms with E-state index in [-0.39, 0.29) is 11.0 Å². The van der Waals surface area contributed by atoms with Crippen LogP contribution in [0.1, 0.15) is 17.0 Å². The number of carbonyl (C=O) groups excluding carboxylic acids is 1. The van der Waals surface area contributed by atoms with Gasteiger partial charge in [-0.15, -0.1) is 10.2 Å². The molecule has 1 heterocycles. The maximum absolute atomic E-state index is 13.2. The predicted molar refractivity (Wildman–Crippen MR) is 101 cm³/mol. The quantitative estimate of drug-likeness (QED) is 0.332. The first-order valence-electron chi connectivity index (χ1n) is 8.37. The summed E-state index contributed by atoms with van der Waals surface area (Å²) in [7, 11) is 0. The van der Waals surface area contributed by atoms with E-state index in [0.29, 0.717) is 18.4 Å². The lowest BCUT2D eigenvalue weighted by Crippen LogP contribution is -2.18. The van der Waals surface area contributed by atoms with Crippen molar-refractivity contribution in [3.8, 4) is 0 Å². The molecule has 0 radical (unpaired) electrons. The van der Waals surface area contributed by atoms with E-state index in [1.54, 1.807) is 0 Å². The van der Waals surface area contributed by atoms with E-state index in [1.807, 2.05) is 30.3 Å². The lowest BCUT2D eigenvalue weighted by Gasteiger charge is -2.13. The molecular formula is C18H13F3N4O4S. The van der Waals surface area contributed by atoms with E-state index in [2.05, 4.69) is 15.5 Å². The summed E-state index contributed by atoms with van der Waals surface area (Å²) in [6.07, 6.45) is -4.47. The molecule has 1 aromatic heterocycles. The molecule has 0 fully saturated rings. The summed E-state index contributed by atoms with van der Waals surface area (Å²) >= 11 is 0.859. The third kappa shape index (κ3) is 5.56. The van der Waals surface area contributed by atoms with Crippen LogP contribution in [0.4, 0.5) is 24.5 Å². The van der Waals surface area contributed by atoms with Crippen LogP contribution in [0.2, 0.25) is 0 Å². The summed E-state index contributed by atoms with van der Waals surface area (Å²) in [6, 6.07) is 11.4. The second kappa shape index (κ2) is 8.95. The number of carbonyl (C=O) groups is 1. The van der Waals surface area contributed by atoms with Gasteiger partial charge in [0.05, 0.1) is 28.3 Å². The zero-order valence-corrected chi connectivity index (χ0v) is 15.9. The highest BCUT2D eigenvalue weighted by Gasteiger charge is 2.35. The molecule has 0 saturated heterocycles. The Balaban J connectivity index is 1.62. The van der Waals surface area contributed by atoms with Crippen molar-refractivity contribution in [2.24, 2.45) is 0 Å². The minimum atomic E-state index is -4.87. The zero-order valence-electron chi connectivity index (χ0n) is 15.0. The fraction of sp³-hybridized carbons (Fsp3) is 0.167.